The van der Waals surface area contributed by atoms with Gasteiger partial charge in [-0.05, 0) is 12.5 Å². The van der Waals surface area contributed by atoms with E-state index in [9.17, 15) is 4.79 Å². The van der Waals surface area contributed by atoms with Crippen LogP contribution in [0.4, 0.5) is 0 Å². The van der Waals surface area contributed by atoms with Crippen LogP contribution in [0.25, 0.3) is 0 Å². The van der Waals surface area contributed by atoms with Gasteiger partial charge in [0, 0.05) is 13.0 Å². The number of ether oxygens (including phenoxy) is 1. The van der Waals surface area contributed by atoms with E-state index in [1.54, 1.807) is 0 Å². The Morgan fingerprint density at radius 1 is 1.38 bits per heavy atom. The number of carbonyl (C=O) groups is 1. The average molecular weight is 178 g/mol. The third-order valence-corrected chi connectivity index (χ3v) is 1.85. The van der Waals surface area contributed by atoms with Gasteiger partial charge in [0.2, 0.25) is 0 Å². The fraction of sp³-hybridized carbons (Fsp3) is 0.364. The molecule has 0 saturated carbocycles. The van der Waals surface area contributed by atoms with Gasteiger partial charge >= 0.3 is 0 Å². The van der Waals surface area contributed by atoms with E-state index in [2.05, 4.69) is 0 Å². The van der Waals surface area contributed by atoms with Gasteiger partial charge in [0.05, 0.1) is 6.10 Å². The fourth-order valence-corrected chi connectivity index (χ4v) is 1.26. The van der Waals surface area contributed by atoms with E-state index in [4.69, 9.17) is 4.74 Å². The van der Waals surface area contributed by atoms with Crippen molar-refractivity contribution in [2.45, 2.75) is 19.4 Å². The molecule has 0 N–H and O–H groups in total. The second-order valence-corrected chi connectivity index (χ2v) is 2.76. The maximum atomic E-state index is 10.4. The van der Waals surface area contributed by atoms with E-state index in [-0.39, 0.29) is 6.10 Å². The van der Waals surface area contributed by atoms with Crippen LogP contribution in [0.15, 0.2) is 30.3 Å². The lowest BCUT2D eigenvalue weighted by Crippen LogP contribution is -2.04. The first-order valence-corrected chi connectivity index (χ1v) is 4.48. The zero-order valence-electron chi connectivity index (χ0n) is 7.77. The van der Waals surface area contributed by atoms with Gasteiger partial charge < -0.3 is 9.53 Å². The van der Waals surface area contributed by atoms with Crippen LogP contribution >= 0.6 is 0 Å². The molecule has 1 aromatic carbocycles. The highest BCUT2D eigenvalue weighted by Gasteiger charge is 2.09. The lowest BCUT2D eigenvalue weighted by molar-refractivity contribution is -0.110. The predicted molar refractivity (Wildman–Crippen MR) is 51.5 cm³/mol. The van der Waals surface area contributed by atoms with Gasteiger partial charge in [0.15, 0.2) is 0 Å². The molecule has 0 aromatic heterocycles. The molecule has 0 fully saturated rings. The van der Waals surface area contributed by atoms with Gasteiger partial charge in [-0.15, -0.1) is 0 Å². The van der Waals surface area contributed by atoms with E-state index in [1.807, 2.05) is 37.3 Å². The van der Waals surface area contributed by atoms with Crippen LogP contribution in [-0.2, 0) is 9.53 Å². The standard InChI is InChI=1S/C11H14O2/c1-2-13-11(8-9-12)10-6-4-3-5-7-10/h3-7,9,11H,2,8H2,1H3. The zero-order valence-corrected chi connectivity index (χ0v) is 7.77. The molecule has 2 nitrogen and oxygen atoms in total. The SMILES string of the molecule is CCOC(CC=O)c1ccccc1. The van der Waals surface area contributed by atoms with Crippen molar-refractivity contribution < 1.29 is 9.53 Å². The molecule has 0 aliphatic carbocycles. The Bertz CT molecular complexity index is 244. The van der Waals surface area contributed by atoms with Crippen LogP contribution in [0, 0.1) is 0 Å². The van der Waals surface area contributed by atoms with E-state index in [0.717, 1.165) is 11.8 Å². The Hall–Kier alpha value is -1.15. The summed E-state index contributed by atoms with van der Waals surface area (Å²) in [7, 11) is 0. The molecule has 1 atom stereocenters. The van der Waals surface area contributed by atoms with Crippen molar-refractivity contribution in [3.8, 4) is 0 Å². The van der Waals surface area contributed by atoms with Crippen LogP contribution < -0.4 is 0 Å². The van der Waals surface area contributed by atoms with Gasteiger partial charge in [-0.1, -0.05) is 30.3 Å². The van der Waals surface area contributed by atoms with Gasteiger partial charge in [-0.25, -0.2) is 0 Å². The smallest absolute Gasteiger partial charge is 0.122 e. The largest absolute Gasteiger partial charge is 0.373 e. The summed E-state index contributed by atoms with van der Waals surface area (Å²) in [6.45, 7) is 2.56. The Kier molecular flexibility index (Phi) is 4.19. The van der Waals surface area contributed by atoms with Crippen molar-refractivity contribution in [3.63, 3.8) is 0 Å². The van der Waals surface area contributed by atoms with Crippen LogP contribution in [0.1, 0.15) is 25.0 Å². The summed E-state index contributed by atoms with van der Waals surface area (Å²) in [6, 6.07) is 9.80. The summed E-state index contributed by atoms with van der Waals surface area (Å²) in [5.41, 5.74) is 1.07. The van der Waals surface area contributed by atoms with Gasteiger partial charge in [-0.3, -0.25) is 0 Å². The number of aldehydes is 1. The highest BCUT2D eigenvalue weighted by Crippen LogP contribution is 2.19. The first-order chi connectivity index (χ1) is 6.38. The molecule has 0 saturated heterocycles. The molecule has 2 heteroatoms. The molecule has 0 spiro atoms. The lowest BCUT2D eigenvalue weighted by Gasteiger charge is -2.13. The number of hydrogen-bond acceptors (Lipinski definition) is 2. The monoisotopic (exact) mass is 178 g/mol. The van der Waals surface area contributed by atoms with E-state index in [0.29, 0.717) is 13.0 Å². The Balaban J connectivity index is 2.69. The second kappa shape index (κ2) is 5.49. The highest BCUT2D eigenvalue weighted by atomic mass is 16.5. The first kappa shape index (κ1) is 9.93. The topological polar surface area (TPSA) is 26.3 Å². The van der Waals surface area contributed by atoms with Crippen molar-refractivity contribution in [1.29, 1.82) is 0 Å². The lowest BCUT2D eigenvalue weighted by atomic mass is 10.1. The maximum absolute atomic E-state index is 10.4. The second-order valence-electron chi connectivity index (χ2n) is 2.76. The first-order valence-electron chi connectivity index (χ1n) is 4.48. The molecule has 0 bridgehead atoms. The normalized spacial score (nSPS) is 12.4. The molecule has 1 unspecified atom stereocenters. The van der Waals surface area contributed by atoms with Crippen LogP contribution in [0.3, 0.4) is 0 Å². The number of rotatable bonds is 5. The van der Waals surface area contributed by atoms with Crippen LogP contribution in [0.2, 0.25) is 0 Å². The highest BCUT2D eigenvalue weighted by molar-refractivity contribution is 5.51. The minimum Gasteiger partial charge on any atom is -0.373 e. The summed E-state index contributed by atoms with van der Waals surface area (Å²) in [5.74, 6) is 0. The maximum Gasteiger partial charge on any atom is 0.122 e. The van der Waals surface area contributed by atoms with Crippen molar-refractivity contribution >= 4 is 6.29 Å². The molecular weight excluding hydrogens is 164 g/mol. The molecule has 0 amide bonds. The molecule has 13 heavy (non-hydrogen) atoms. The van der Waals surface area contributed by atoms with Gasteiger partial charge in [0.1, 0.15) is 6.29 Å². The van der Waals surface area contributed by atoms with Crippen LogP contribution in [0.5, 0.6) is 0 Å². The summed E-state index contributed by atoms with van der Waals surface area (Å²) < 4.78 is 5.44. The van der Waals surface area contributed by atoms with Gasteiger partial charge in [0.25, 0.3) is 0 Å². The van der Waals surface area contributed by atoms with E-state index < -0.39 is 0 Å². The third kappa shape index (κ3) is 2.99. The summed E-state index contributed by atoms with van der Waals surface area (Å²) in [5, 5.41) is 0. The summed E-state index contributed by atoms with van der Waals surface area (Å²) >= 11 is 0. The molecule has 0 aliphatic rings. The van der Waals surface area contributed by atoms with Crippen molar-refractivity contribution in [1.82, 2.24) is 0 Å². The van der Waals surface area contributed by atoms with Crippen molar-refractivity contribution in [2.24, 2.45) is 0 Å². The summed E-state index contributed by atoms with van der Waals surface area (Å²) in [6.07, 6.45) is 1.24. The minimum absolute atomic E-state index is 0.0799. The molecule has 0 radical (unpaired) electrons. The molecule has 0 heterocycles. The number of benzene rings is 1. The van der Waals surface area contributed by atoms with Crippen LogP contribution in [-0.4, -0.2) is 12.9 Å². The Morgan fingerprint density at radius 2 is 2.08 bits per heavy atom. The van der Waals surface area contributed by atoms with E-state index in [1.165, 1.54) is 0 Å². The van der Waals surface area contributed by atoms with Crippen molar-refractivity contribution in [2.75, 3.05) is 6.61 Å². The van der Waals surface area contributed by atoms with E-state index >= 15 is 0 Å². The molecule has 0 aliphatic heterocycles. The Labute approximate surface area is 78.5 Å². The van der Waals surface area contributed by atoms with Gasteiger partial charge in [-0.2, -0.15) is 0 Å². The molecular formula is C11H14O2. The number of carbonyl (C=O) groups excluding carboxylic acids is 1. The molecule has 70 valence electrons. The predicted octanol–water partition coefficient (Wildman–Crippen LogP) is 2.35. The third-order valence-electron chi connectivity index (χ3n) is 1.85. The average Bonchev–Trinajstić information content (AvgIpc) is 2.19. The Morgan fingerprint density at radius 3 is 2.62 bits per heavy atom. The van der Waals surface area contributed by atoms with Crippen molar-refractivity contribution in [3.05, 3.63) is 35.9 Å². The molecule has 1 aromatic rings. The number of hydrogen-bond donors (Lipinski definition) is 0. The summed E-state index contributed by atoms with van der Waals surface area (Å²) in [4.78, 5) is 10.4. The quantitative estimate of drug-likeness (QED) is 0.647. The zero-order chi connectivity index (χ0) is 9.52. The minimum atomic E-state index is -0.0799. The molecule has 1 rings (SSSR count). The fourth-order valence-electron chi connectivity index (χ4n) is 1.26.